The van der Waals surface area contributed by atoms with Crippen LogP contribution in [0.15, 0.2) is 22.6 Å². The lowest BCUT2D eigenvalue weighted by atomic mass is 9.78. The molecule has 21 heavy (non-hydrogen) atoms. The van der Waals surface area contributed by atoms with Crippen LogP contribution in [0.2, 0.25) is 0 Å². The number of nitrogens with one attached hydrogen (secondary N) is 1. The van der Waals surface area contributed by atoms with Gasteiger partial charge in [0.25, 0.3) is 0 Å². The van der Waals surface area contributed by atoms with E-state index < -0.39 is 0 Å². The molecule has 1 aromatic carbocycles. The first-order valence-electron chi connectivity index (χ1n) is 7.55. The van der Waals surface area contributed by atoms with Crippen LogP contribution in [-0.4, -0.2) is 17.4 Å². The fourth-order valence-corrected chi connectivity index (χ4v) is 3.19. The molecule has 0 saturated heterocycles. The van der Waals surface area contributed by atoms with Crippen LogP contribution < -0.4 is 11.1 Å². The van der Waals surface area contributed by atoms with Gasteiger partial charge in [-0.3, -0.25) is 4.79 Å². The maximum absolute atomic E-state index is 12.5. The number of rotatable bonds is 3. The van der Waals surface area contributed by atoms with Crippen LogP contribution in [0, 0.1) is 18.8 Å². The van der Waals surface area contributed by atoms with Gasteiger partial charge >= 0.3 is 0 Å². The number of hydrogen-bond donors (Lipinski definition) is 2. The van der Waals surface area contributed by atoms with Gasteiger partial charge in [0.2, 0.25) is 5.91 Å². The number of carbonyl (C=O) groups excluding carboxylic acids is 1. The summed E-state index contributed by atoms with van der Waals surface area (Å²) >= 11 is 0. The molecule has 0 bridgehead atoms. The number of aryl methyl sites for hydroxylation is 1. The zero-order valence-electron chi connectivity index (χ0n) is 12.3. The highest BCUT2D eigenvalue weighted by Crippen LogP contribution is 2.30. The van der Waals surface area contributed by atoms with Crippen molar-refractivity contribution in [2.24, 2.45) is 17.6 Å². The molecule has 2 aromatic rings. The normalized spacial score (nSPS) is 22.4. The maximum atomic E-state index is 12.5. The smallest absolute Gasteiger partial charge is 0.227 e. The summed E-state index contributed by atoms with van der Waals surface area (Å²) in [6.45, 7) is 2.39. The van der Waals surface area contributed by atoms with E-state index in [1.807, 2.05) is 25.1 Å². The Kier molecular flexibility index (Phi) is 3.92. The fourth-order valence-electron chi connectivity index (χ4n) is 3.19. The molecule has 5 heteroatoms. The lowest BCUT2D eigenvalue weighted by molar-refractivity contribution is -0.122. The van der Waals surface area contributed by atoms with Crippen molar-refractivity contribution in [3.8, 4) is 0 Å². The molecule has 0 spiro atoms. The van der Waals surface area contributed by atoms with E-state index in [0.717, 1.165) is 36.0 Å². The highest BCUT2D eigenvalue weighted by Gasteiger charge is 2.29. The lowest BCUT2D eigenvalue weighted by Crippen LogP contribution is -2.35. The second kappa shape index (κ2) is 5.85. The minimum atomic E-state index is 0.0264. The molecule has 1 aliphatic carbocycles. The number of carbonyl (C=O) groups is 1. The molecule has 1 amide bonds. The van der Waals surface area contributed by atoms with E-state index >= 15 is 0 Å². The van der Waals surface area contributed by atoms with E-state index in [9.17, 15) is 4.79 Å². The van der Waals surface area contributed by atoms with E-state index in [-0.39, 0.29) is 11.8 Å². The molecule has 1 aromatic heterocycles. The number of nitrogens with two attached hydrogens (primary N) is 1. The van der Waals surface area contributed by atoms with Crippen LogP contribution in [0.25, 0.3) is 11.1 Å². The Morgan fingerprint density at radius 3 is 3.05 bits per heavy atom. The van der Waals surface area contributed by atoms with Gasteiger partial charge in [0.15, 0.2) is 11.5 Å². The van der Waals surface area contributed by atoms with Crippen molar-refractivity contribution in [1.82, 2.24) is 4.98 Å². The molecule has 1 fully saturated rings. The molecule has 2 unspecified atom stereocenters. The van der Waals surface area contributed by atoms with Crippen LogP contribution in [-0.2, 0) is 4.79 Å². The first kappa shape index (κ1) is 14.1. The Labute approximate surface area is 123 Å². The summed E-state index contributed by atoms with van der Waals surface area (Å²) in [4.78, 5) is 16.8. The van der Waals surface area contributed by atoms with Gasteiger partial charge in [-0.15, -0.1) is 0 Å². The zero-order valence-corrected chi connectivity index (χ0v) is 12.3. The number of oxazole rings is 1. The Morgan fingerprint density at radius 2 is 2.24 bits per heavy atom. The van der Waals surface area contributed by atoms with Crippen molar-refractivity contribution < 1.29 is 9.21 Å². The van der Waals surface area contributed by atoms with Gasteiger partial charge in [-0.1, -0.05) is 12.8 Å². The fraction of sp³-hybridized carbons (Fsp3) is 0.500. The number of amides is 1. The third kappa shape index (κ3) is 2.93. The minimum absolute atomic E-state index is 0.0264. The van der Waals surface area contributed by atoms with Gasteiger partial charge in [-0.05, 0) is 43.5 Å². The average molecular weight is 287 g/mol. The van der Waals surface area contributed by atoms with Gasteiger partial charge < -0.3 is 15.5 Å². The third-order valence-electron chi connectivity index (χ3n) is 4.31. The van der Waals surface area contributed by atoms with Crippen LogP contribution in [0.1, 0.15) is 31.6 Å². The molecule has 1 saturated carbocycles. The molecule has 0 aliphatic heterocycles. The maximum Gasteiger partial charge on any atom is 0.227 e. The van der Waals surface area contributed by atoms with E-state index in [2.05, 4.69) is 10.3 Å². The Morgan fingerprint density at radius 1 is 1.43 bits per heavy atom. The van der Waals surface area contributed by atoms with Crippen LogP contribution >= 0.6 is 0 Å². The second-order valence-corrected chi connectivity index (χ2v) is 5.79. The molecule has 5 nitrogen and oxygen atoms in total. The largest absolute Gasteiger partial charge is 0.441 e. The number of benzene rings is 1. The van der Waals surface area contributed by atoms with Gasteiger partial charge in [0, 0.05) is 18.5 Å². The Bertz CT molecular complexity index is 650. The minimum Gasteiger partial charge on any atom is -0.441 e. The molecule has 3 N–H and O–H groups in total. The number of fused-ring (bicyclic) bond motifs is 1. The molecule has 112 valence electrons. The zero-order chi connectivity index (χ0) is 14.8. The molecule has 3 rings (SSSR count). The lowest BCUT2D eigenvalue weighted by Gasteiger charge is -2.29. The summed E-state index contributed by atoms with van der Waals surface area (Å²) in [7, 11) is 0. The summed E-state index contributed by atoms with van der Waals surface area (Å²) in [5.74, 6) is 1.03. The van der Waals surface area contributed by atoms with Crippen molar-refractivity contribution in [3.63, 3.8) is 0 Å². The third-order valence-corrected chi connectivity index (χ3v) is 4.31. The summed E-state index contributed by atoms with van der Waals surface area (Å²) in [6, 6.07) is 5.54. The Hall–Kier alpha value is -1.88. The van der Waals surface area contributed by atoms with E-state index in [4.69, 9.17) is 10.2 Å². The highest BCUT2D eigenvalue weighted by atomic mass is 16.3. The topological polar surface area (TPSA) is 81.2 Å². The van der Waals surface area contributed by atoms with Crippen LogP contribution in [0.3, 0.4) is 0 Å². The summed E-state index contributed by atoms with van der Waals surface area (Å²) in [6.07, 6.45) is 4.26. The molecule has 2 atom stereocenters. The predicted molar refractivity (Wildman–Crippen MR) is 81.9 cm³/mol. The van der Waals surface area contributed by atoms with Gasteiger partial charge in [-0.2, -0.15) is 0 Å². The van der Waals surface area contributed by atoms with Crippen molar-refractivity contribution in [1.29, 1.82) is 0 Å². The molecule has 1 aliphatic rings. The average Bonchev–Trinajstić information content (AvgIpc) is 2.86. The summed E-state index contributed by atoms with van der Waals surface area (Å²) in [5, 5.41) is 3.00. The molecular formula is C16H21N3O2. The van der Waals surface area contributed by atoms with Crippen LogP contribution in [0.5, 0.6) is 0 Å². The summed E-state index contributed by atoms with van der Waals surface area (Å²) < 4.78 is 5.44. The SMILES string of the molecule is Cc1nc2cc(NC(=O)C3CCCCC3CN)ccc2o1. The van der Waals surface area contributed by atoms with E-state index in [1.54, 1.807) is 0 Å². The predicted octanol–water partition coefficient (Wildman–Crippen LogP) is 2.84. The number of nitrogens with zero attached hydrogens (tertiary/aromatic N) is 1. The van der Waals surface area contributed by atoms with Crippen molar-refractivity contribution >= 4 is 22.7 Å². The van der Waals surface area contributed by atoms with Crippen LogP contribution in [0.4, 0.5) is 5.69 Å². The Balaban J connectivity index is 1.75. The van der Waals surface area contributed by atoms with Crippen molar-refractivity contribution in [2.75, 3.05) is 11.9 Å². The molecule has 0 radical (unpaired) electrons. The monoisotopic (exact) mass is 287 g/mol. The first-order valence-corrected chi connectivity index (χ1v) is 7.55. The number of aromatic nitrogens is 1. The second-order valence-electron chi connectivity index (χ2n) is 5.79. The molecular weight excluding hydrogens is 266 g/mol. The summed E-state index contributed by atoms with van der Waals surface area (Å²) in [5.41, 5.74) is 8.07. The standard InChI is InChI=1S/C16H21N3O2/c1-10-18-14-8-12(6-7-15(14)21-10)19-16(20)13-5-3-2-4-11(13)9-17/h6-8,11,13H,2-5,9,17H2,1H3,(H,19,20). The number of anilines is 1. The van der Waals surface area contributed by atoms with Crippen molar-refractivity contribution in [3.05, 3.63) is 24.1 Å². The quantitative estimate of drug-likeness (QED) is 0.909. The van der Waals surface area contributed by atoms with Crippen molar-refractivity contribution in [2.45, 2.75) is 32.6 Å². The van der Waals surface area contributed by atoms with E-state index in [1.165, 1.54) is 6.42 Å². The highest BCUT2D eigenvalue weighted by molar-refractivity contribution is 5.94. The molecule has 1 heterocycles. The van der Waals surface area contributed by atoms with Gasteiger partial charge in [-0.25, -0.2) is 4.98 Å². The first-order chi connectivity index (χ1) is 10.2. The van der Waals surface area contributed by atoms with Gasteiger partial charge in [0.1, 0.15) is 5.52 Å². The number of hydrogen-bond acceptors (Lipinski definition) is 4. The van der Waals surface area contributed by atoms with E-state index in [0.29, 0.717) is 18.4 Å². The van der Waals surface area contributed by atoms with Gasteiger partial charge in [0.05, 0.1) is 0 Å².